The van der Waals surface area contributed by atoms with E-state index in [4.69, 9.17) is 4.74 Å². The normalized spacial score (nSPS) is 11.0. The molecule has 0 saturated heterocycles. The average Bonchev–Trinajstić information content (AvgIpc) is 2.16. The lowest BCUT2D eigenvalue weighted by Gasteiger charge is -2.19. The zero-order chi connectivity index (χ0) is 12.2. The first-order chi connectivity index (χ1) is 7.42. The monoisotopic (exact) mass is 237 g/mol. The molecule has 1 aromatic rings. The van der Waals surface area contributed by atoms with Gasteiger partial charge in [0, 0.05) is 5.69 Å². The van der Waals surface area contributed by atoms with Gasteiger partial charge in [-0.1, -0.05) is 25.7 Å². The number of anilines is 1. The summed E-state index contributed by atoms with van der Waals surface area (Å²) in [6.45, 7) is 8.85. The molecule has 0 aliphatic carbocycles. The number of carbonyl (C=O) groups is 1. The van der Waals surface area contributed by atoms with Crippen LogP contribution in [0.2, 0.25) is 19.6 Å². The highest BCUT2D eigenvalue weighted by Gasteiger charge is 2.14. The zero-order valence-corrected chi connectivity index (χ0v) is 11.3. The van der Waals surface area contributed by atoms with Crippen molar-refractivity contribution in [2.24, 2.45) is 0 Å². The molecule has 1 rings (SSSR count). The maximum Gasteiger partial charge on any atom is 0.338 e. The van der Waals surface area contributed by atoms with Gasteiger partial charge >= 0.3 is 5.97 Å². The van der Waals surface area contributed by atoms with Gasteiger partial charge in [-0.15, -0.1) is 0 Å². The number of rotatable bonds is 4. The zero-order valence-electron chi connectivity index (χ0n) is 10.3. The predicted octanol–water partition coefficient (Wildman–Crippen LogP) is 3.11. The molecule has 0 atom stereocenters. The van der Waals surface area contributed by atoms with Crippen molar-refractivity contribution in [3.63, 3.8) is 0 Å². The van der Waals surface area contributed by atoms with Gasteiger partial charge in [0.1, 0.15) is 8.24 Å². The molecule has 3 nitrogen and oxygen atoms in total. The second-order valence-corrected chi connectivity index (χ2v) is 9.43. The number of esters is 1. The van der Waals surface area contributed by atoms with Gasteiger partial charge in [0.15, 0.2) is 0 Å². The molecule has 0 fully saturated rings. The summed E-state index contributed by atoms with van der Waals surface area (Å²) in [5, 5.41) is 0. The van der Waals surface area contributed by atoms with Crippen molar-refractivity contribution in [2.75, 3.05) is 11.6 Å². The number of benzene rings is 1. The van der Waals surface area contributed by atoms with Crippen molar-refractivity contribution in [2.45, 2.75) is 26.6 Å². The van der Waals surface area contributed by atoms with E-state index in [1.807, 2.05) is 25.1 Å². The number of hydrogen-bond donors (Lipinski definition) is 1. The maximum atomic E-state index is 11.5. The van der Waals surface area contributed by atoms with E-state index in [-0.39, 0.29) is 5.97 Å². The maximum absolute atomic E-state index is 11.5. The van der Waals surface area contributed by atoms with Crippen molar-refractivity contribution in [1.82, 2.24) is 0 Å². The first-order valence-electron chi connectivity index (χ1n) is 5.48. The average molecular weight is 237 g/mol. The van der Waals surface area contributed by atoms with Crippen molar-refractivity contribution < 1.29 is 9.53 Å². The smallest absolute Gasteiger partial charge is 0.338 e. The summed E-state index contributed by atoms with van der Waals surface area (Å²) in [7, 11) is -1.38. The number of hydrogen-bond acceptors (Lipinski definition) is 3. The van der Waals surface area contributed by atoms with Gasteiger partial charge in [-0.05, 0) is 25.1 Å². The lowest BCUT2D eigenvalue weighted by molar-refractivity contribution is 0.0526. The lowest BCUT2D eigenvalue weighted by Crippen LogP contribution is -2.32. The van der Waals surface area contributed by atoms with Crippen molar-refractivity contribution >= 4 is 19.9 Å². The summed E-state index contributed by atoms with van der Waals surface area (Å²) >= 11 is 0. The van der Waals surface area contributed by atoms with Crippen LogP contribution in [0.4, 0.5) is 5.69 Å². The molecule has 0 spiro atoms. The third-order valence-corrected chi connectivity index (χ3v) is 2.93. The number of nitrogens with one attached hydrogen (secondary N) is 1. The van der Waals surface area contributed by atoms with E-state index >= 15 is 0 Å². The Morgan fingerprint density at radius 1 is 1.38 bits per heavy atom. The Labute approximate surface area is 97.9 Å². The Kier molecular flexibility index (Phi) is 4.12. The van der Waals surface area contributed by atoms with E-state index in [2.05, 4.69) is 24.6 Å². The Bertz CT molecular complexity index is 372. The fourth-order valence-corrected chi connectivity index (χ4v) is 2.39. The molecule has 16 heavy (non-hydrogen) atoms. The molecule has 0 heterocycles. The van der Waals surface area contributed by atoms with E-state index < -0.39 is 8.24 Å². The third-order valence-electron chi connectivity index (χ3n) is 1.89. The molecule has 0 radical (unpaired) electrons. The quantitative estimate of drug-likeness (QED) is 0.646. The van der Waals surface area contributed by atoms with Gasteiger partial charge in [-0.3, -0.25) is 0 Å². The number of ether oxygens (including phenoxy) is 1. The van der Waals surface area contributed by atoms with Crippen LogP contribution in [0.25, 0.3) is 0 Å². The molecular formula is C12H19NO2Si. The Hall–Kier alpha value is -1.29. The van der Waals surface area contributed by atoms with Crippen LogP contribution in [0, 0.1) is 0 Å². The van der Waals surface area contributed by atoms with E-state index in [0.717, 1.165) is 5.69 Å². The van der Waals surface area contributed by atoms with E-state index in [1.54, 1.807) is 6.07 Å². The van der Waals surface area contributed by atoms with E-state index in [0.29, 0.717) is 12.2 Å². The molecule has 0 aliphatic heterocycles. The molecule has 4 heteroatoms. The third kappa shape index (κ3) is 4.06. The number of carbonyl (C=O) groups excluding carboxylic acids is 1. The molecule has 0 saturated carbocycles. The van der Waals surface area contributed by atoms with Crippen LogP contribution in [0.3, 0.4) is 0 Å². The summed E-state index contributed by atoms with van der Waals surface area (Å²) < 4.78 is 4.96. The SMILES string of the molecule is CCOC(=O)c1cccc(N[Si](C)(C)C)c1. The molecule has 1 N–H and O–H groups in total. The largest absolute Gasteiger partial charge is 0.462 e. The standard InChI is InChI=1S/C12H19NO2Si/c1-5-15-12(14)10-7-6-8-11(9-10)13-16(2,3)4/h6-9,13H,5H2,1-4H3. The van der Waals surface area contributed by atoms with Crippen LogP contribution in [-0.4, -0.2) is 20.8 Å². The van der Waals surface area contributed by atoms with Gasteiger partial charge in [-0.25, -0.2) is 4.79 Å². The van der Waals surface area contributed by atoms with Crippen LogP contribution >= 0.6 is 0 Å². The van der Waals surface area contributed by atoms with Crippen molar-refractivity contribution in [1.29, 1.82) is 0 Å². The highest BCUT2D eigenvalue weighted by Crippen LogP contribution is 2.15. The van der Waals surface area contributed by atoms with Crippen LogP contribution < -0.4 is 4.98 Å². The second kappa shape index (κ2) is 5.16. The summed E-state index contributed by atoms with van der Waals surface area (Å²) in [5.41, 5.74) is 1.59. The van der Waals surface area contributed by atoms with Crippen LogP contribution in [0.15, 0.2) is 24.3 Å². The molecule has 0 amide bonds. The molecule has 0 unspecified atom stereocenters. The first kappa shape index (κ1) is 12.8. The molecule has 0 aliphatic rings. The summed E-state index contributed by atoms with van der Waals surface area (Å²) in [5.74, 6) is -0.262. The fraction of sp³-hybridized carbons (Fsp3) is 0.417. The van der Waals surface area contributed by atoms with Gasteiger partial charge < -0.3 is 9.72 Å². The van der Waals surface area contributed by atoms with Gasteiger partial charge in [0.2, 0.25) is 0 Å². The first-order valence-corrected chi connectivity index (χ1v) is 8.98. The Morgan fingerprint density at radius 3 is 2.62 bits per heavy atom. The topological polar surface area (TPSA) is 38.3 Å². The van der Waals surface area contributed by atoms with Gasteiger partial charge in [-0.2, -0.15) is 0 Å². The highest BCUT2D eigenvalue weighted by molar-refractivity contribution is 6.79. The summed E-state index contributed by atoms with van der Waals surface area (Å²) in [6, 6.07) is 7.46. The van der Waals surface area contributed by atoms with Crippen LogP contribution in [0.5, 0.6) is 0 Å². The lowest BCUT2D eigenvalue weighted by atomic mass is 10.2. The molecule has 88 valence electrons. The molecule has 0 aromatic heterocycles. The van der Waals surface area contributed by atoms with Crippen molar-refractivity contribution in [3.05, 3.63) is 29.8 Å². The summed E-state index contributed by atoms with van der Waals surface area (Å²) in [6.07, 6.45) is 0. The van der Waals surface area contributed by atoms with E-state index in [1.165, 1.54) is 0 Å². The molecule has 0 bridgehead atoms. The highest BCUT2D eigenvalue weighted by atomic mass is 28.3. The molecular weight excluding hydrogens is 218 g/mol. The van der Waals surface area contributed by atoms with E-state index in [9.17, 15) is 4.79 Å². The second-order valence-electron chi connectivity index (χ2n) is 4.68. The molecule has 1 aromatic carbocycles. The van der Waals surface area contributed by atoms with Crippen LogP contribution in [-0.2, 0) is 4.74 Å². The minimum absolute atomic E-state index is 0.262. The van der Waals surface area contributed by atoms with Gasteiger partial charge in [0.25, 0.3) is 0 Å². The minimum Gasteiger partial charge on any atom is -0.462 e. The Morgan fingerprint density at radius 2 is 2.06 bits per heavy atom. The van der Waals surface area contributed by atoms with Crippen LogP contribution in [0.1, 0.15) is 17.3 Å². The fourth-order valence-electron chi connectivity index (χ4n) is 1.37. The Balaban J connectivity index is 2.83. The minimum atomic E-state index is -1.38. The van der Waals surface area contributed by atoms with Crippen molar-refractivity contribution in [3.8, 4) is 0 Å². The van der Waals surface area contributed by atoms with Gasteiger partial charge in [0.05, 0.1) is 12.2 Å². The predicted molar refractivity (Wildman–Crippen MR) is 69.4 cm³/mol. The summed E-state index contributed by atoms with van der Waals surface area (Å²) in [4.78, 5) is 15.0.